The quantitative estimate of drug-likeness (QED) is 0.0271. The van der Waals surface area contributed by atoms with Crippen molar-refractivity contribution >= 4 is 174 Å². The van der Waals surface area contributed by atoms with Gasteiger partial charge in [0.25, 0.3) is 0 Å². The molecule has 29 heteroatoms. The minimum absolute atomic E-state index is 0.578. The number of hydrogen-bond donors (Lipinski definition) is 4. The molecule has 0 saturated carbocycles. The first-order chi connectivity index (χ1) is 53.7. The fraction of sp³-hybridized carbons (Fsp3) is 0.143. The molecular formula is C84H100O16Si13. The lowest BCUT2D eigenvalue weighted by Crippen LogP contribution is -2.80. The van der Waals surface area contributed by atoms with Crippen molar-refractivity contribution < 1.29 is 68.6 Å². The normalized spacial score (nSPS) is 18.9. The van der Waals surface area contributed by atoms with Gasteiger partial charge in [-0.1, -0.05) is 364 Å². The minimum Gasteiger partial charge on any atom is -0.409 e. The van der Waals surface area contributed by atoms with E-state index in [0.29, 0.717) is 62.2 Å². The van der Waals surface area contributed by atoms with Crippen molar-refractivity contribution in [2.45, 2.75) is 78.6 Å². The van der Waals surface area contributed by atoms with Gasteiger partial charge in [0.1, 0.15) is 0 Å². The summed E-state index contributed by atoms with van der Waals surface area (Å²) in [6.07, 6.45) is 0. The molecule has 0 amide bonds. The van der Waals surface area contributed by atoms with Gasteiger partial charge in [-0.2, -0.15) is 0 Å². The molecule has 0 spiro atoms. The molecular weight excluding hydrogens is 1630 g/mol. The first kappa shape index (κ1) is 85.2. The van der Waals surface area contributed by atoms with Gasteiger partial charge < -0.3 is 68.6 Å². The predicted molar refractivity (Wildman–Crippen MR) is 480 cm³/mol. The summed E-state index contributed by atoms with van der Waals surface area (Å²) in [6, 6.07) is 115. The summed E-state index contributed by atoms with van der Waals surface area (Å²) in [6.45, 7) is 22.5. The number of hydrogen-bond acceptors (Lipinski definition) is 16. The molecule has 12 unspecified atom stereocenters. The van der Waals surface area contributed by atoms with Crippen LogP contribution < -0.4 is 62.2 Å². The van der Waals surface area contributed by atoms with E-state index in [2.05, 4.69) is 0 Å². The molecule has 584 valence electrons. The molecule has 0 bridgehead atoms. The van der Waals surface area contributed by atoms with E-state index in [1.165, 1.54) is 0 Å². The molecule has 113 heavy (non-hydrogen) atoms. The Bertz CT molecular complexity index is 4360. The van der Waals surface area contributed by atoms with Crippen molar-refractivity contribution in [3.63, 3.8) is 0 Å². The summed E-state index contributed by atoms with van der Waals surface area (Å²) in [7, 11) is -57.8. The molecule has 0 aromatic heterocycles. The van der Waals surface area contributed by atoms with E-state index >= 15 is 0 Å². The zero-order chi connectivity index (χ0) is 80.3. The van der Waals surface area contributed by atoms with Gasteiger partial charge in [0.15, 0.2) is 0 Å². The van der Waals surface area contributed by atoms with Gasteiger partial charge >= 0.3 is 112 Å². The first-order valence-corrected chi connectivity index (χ1v) is 67.3. The maximum Gasteiger partial charge on any atom is 0.644 e. The summed E-state index contributed by atoms with van der Waals surface area (Å²) >= 11 is 0. The standard InChI is InChI=1S/C84H100O16Si13/c1-101(85,73-49-25-13-26-50-73)89-105(5,77-57-33-17-34-58-77)93-109(9,81-65-41-21-42-66-81)97-113(98-110(10,82-67-43-22-44-68-82)94-106(6,78-59-35-18-36-60-78)90-102(2,86)74-51-27-14-28-52-74,99-111(11,83-69-45-23-46-70-83)95-107(7,79-61-37-19-38-62-79)91-103(3,87)75-53-29-15-30-54-75)100-112(12,84-71-47-24-48-72-84)96-108(8,80-63-39-20-40-64-80)92-104(4,88)76-55-31-16-32-56-76/h13-72,85-88H,1-12H3. The lowest BCUT2D eigenvalue weighted by atomic mass is 10.4. The van der Waals surface area contributed by atoms with E-state index in [0.717, 1.165) is 0 Å². The highest BCUT2D eigenvalue weighted by Crippen LogP contribution is 2.38. The molecule has 0 aliphatic carbocycles. The maximum absolute atomic E-state index is 13.3. The third-order valence-corrected chi connectivity index (χ3v) is 72.0. The van der Waals surface area contributed by atoms with Crippen LogP contribution >= 0.6 is 0 Å². The van der Waals surface area contributed by atoms with Gasteiger partial charge in [0.2, 0.25) is 0 Å². The Balaban J connectivity index is 1.22. The Kier molecular flexibility index (Phi) is 26.6. The second-order valence-electron chi connectivity index (χ2n) is 29.6. The average molecular weight is 1730 g/mol. The summed E-state index contributed by atoms with van der Waals surface area (Å²) in [5.74, 6) is 0. The molecule has 0 aliphatic rings. The van der Waals surface area contributed by atoms with Crippen LogP contribution in [0.1, 0.15) is 0 Å². The van der Waals surface area contributed by atoms with E-state index in [1.54, 1.807) is 26.2 Å². The molecule has 0 heterocycles. The zero-order valence-electron chi connectivity index (χ0n) is 65.8. The van der Waals surface area contributed by atoms with Gasteiger partial charge in [0.05, 0.1) is 0 Å². The Morgan fingerprint density at radius 1 is 0.133 bits per heavy atom. The summed E-state index contributed by atoms with van der Waals surface area (Å²) in [5.41, 5.74) is 0. The van der Waals surface area contributed by atoms with Crippen molar-refractivity contribution in [3.8, 4) is 0 Å². The molecule has 12 rings (SSSR count). The van der Waals surface area contributed by atoms with Crippen molar-refractivity contribution in [3.05, 3.63) is 364 Å². The van der Waals surface area contributed by atoms with Crippen LogP contribution in [0.15, 0.2) is 364 Å². The van der Waals surface area contributed by atoms with Crippen LogP contribution in [-0.4, -0.2) is 131 Å². The van der Waals surface area contributed by atoms with Gasteiger partial charge in [-0.3, -0.25) is 0 Å². The fourth-order valence-corrected chi connectivity index (χ4v) is 72.6. The summed E-state index contributed by atoms with van der Waals surface area (Å²) in [5, 5.41) is 7.44. The second-order valence-corrected chi connectivity index (χ2v) is 70.3. The van der Waals surface area contributed by atoms with Crippen LogP contribution in [0.4, 0.5) is 0 Å². The lowest BCUT2D eigenvalue weighted by Gasteiger charge is -2.51. The summed E-state index contributed by atoms with van der Waals surface area (Å²) < 4.78 is 98.8. The predicted octanol–water partition coefficient (Wildman–Crippen LogP) is 9.34. The van der Waals surface area contributed by atoms with E-state index in [1.807, 2.05) is 416 Å². The molecule has 0 aliphatic heterocycles. The van der Waals surface area contributed by atoms with Crippen LogP contribution in [0.5, 0.6) is 0 Å². The molecule has 12 aromatic carbocycles. The third-order valence-electron chi connectivity index (χ3n) is 20.0. The highest BCUT2D eigenvalue weighted by atomic mass is 28.6. The average Bonchev–Trinajstić information content (AvgIpc) is 0.722. The largest absolute Gasteiger partial charge is 0.644 e. The molecule has 0 fully saturated rings. The van der Waals surface area contributed by atoms with Gasteiger partial charge in [-0.15, -0.1) is 0 Å². The molecule has 0 saturated heterocycles. The van der Waals surface area contributed by atoms with E-state index in [9.17, 15) is 19.2 Å². The molecule has 12 atom stereocenters. The third kappa shape index (κ3) is 20.4. The van der Waals surface area contributed by atoms with Crippen LogP contribution in [0, 0.1) is 0 Å². The van der Waals surface area contributed by atoms with Crippen molar-refractivity contribution in [2.24, 2.45) is 0 Å². The monoisotopic (exact) mass is 1730 g/mol. The molecule has 0 radical (unpaired) electrons. The molecule has 16 nitrogen and oxygen atoms in total. The SMILES string of the molecule is C[Si](O)(O[Si](C)(O[Si](C)(O[Si](O[Si](C)(O[Si](C)(O[Si](C)(O)c1ccccc1)c1ccccc1)c1ccccc1)(O[Si](C)(O[Si](C)(O[Si](C)(O)c1ccccc1)c1ccccc1)c1ccccc1)O[Si](C)(O[Si](C)(O[Si](C)(O)c1ccccc1)c1ccccc1)c1ccccc1)c1ccccc1)c1ccccc1)c1ccccc1. The van der Waals surface area contributed by atoms with Gasteiger partial charge in [-0.05, 0) is 141 Å². The number of rotatable bonds is 36. The fourth-order valence-electron chi connectivity index (χ4n) is 14.3. The molecule has 4 N–H and O–H groups in total. The highest BCUT2D eigenvalue weighted by Gasteiger charge is 2.69. The Morgan fingerprint density at radius 3 is 0.345 bits per heavy atom. The van der Waals surface area contributed by atoms with E-state index in [4.69, 9.17) is 49.4 Å². The van der Waals surface area contributed by atoms with Crippen LogP contribution in [0.3, 0.4) is 0 Å². The minimum atomic E-state index is -5.95. The smallest absolute Gasteiger partial charge is 0.409 e. The van der Waals surface area contributed by atoms with Crippen LogP contribution in [0.25, 0.3) is 0 Å². The maximum atomic E-state index is 13.3. The Hall–Kier alpha value is -7.18. The second kappa shape index (κ2) is 35.3. The first-order valence-electron chi connectivity index (χ1n) is 37.7. The van der Waals surface area contributed by atoms with Crippen LogP contribution in [0.2, 0.25) is 78.6 Å². The topological polar surface area (TPSA) is 192 Å². The number of benzene rings is 12. The van der Waals surface area contributed by atoms with Gasteiger partial charge in [-0.25, -0.2) is 0 Å². The van der Waals surface area contributed by atoms with Crippen molar-refractivity contribution in [1.82, 2.24) is 0 Å². The van der Waals surface area contributed by atoms with Gasteiger partial charge in [0, 0.05) is 0 Å². The summed E-state index contributed by atoms with van der Waals surface area (Å²) in [4.78, 5) is 53.1. The zero-order valence-corrected chi connectivity index (χ0v) is 78.8. The molecule has 12 aromatic rings. The van der Waals surface area contributed by atoms with E-state index in [-0.39, 0.29) is 0 Å². The van der Waals surface area contributed by atoms with Crippen molar-refractivity contribution in [1.29, 1.82) is 0 Å². The Labute approximate surface area is 679 Å². The Morgan fingerprint density at radius 2 is 0.230 bits per heavy atom. The highest BCUT2D eigenvalue weighted by molar-refractivity contribution is 7.06. The van der Waals surface area contributed by atoms with Crippen LogP contribution in [-0.2, 0) is 49.4 Å². The van der Waals surface area contributed by atoms with E-state index < -0.39 is 112 Å². The van der Waals surface area contributed by atoms with Crippen molar-refractivity contribution in [2.75, 3.05) is 0 Å². The lowest BCUT2D eigenvalue weighted by molar-refractivity contribution is 0.103.